The van der Waals surface area contributed by atoms with Crippen molar-refractivity contribution >= 4 is 12.1 Å². The minimum atomic E-state index is -0.981. The number of benzene rings is 1. The number of aliphatic carboxylic acids is 1. The number of carboxylic acid groups (broad SMARTS) is 1. The first-order chi connectivity index (χ1) is 10.1. The van der Waals surface area contributed by atoms with Crippen molar-refractivity contribution in [1.82, 2.24) is 4.90 Å². The third-order valence-electron chi connectivity index (χ3n) is 3.37. The summed E-state index contributed by atoms with van der Waals surface area (Å²) >= 11 is 0. The van der Waals surface area contributed by atoms with Crippen molar-refractivity contribution < 1.29 is 24.2 Å². The average molecular weight is 291 g/mol. The van der Waals surface area contributed by atoms with E-state index in [1.165, 1.54) is 18.1 Å². The Morgan fingerprint density at radius 3 is 2.90 bits per heavy atom. The highest BCUT2D eigenvalue weighted by Crippen LogP contribution is 2.31. The molecular formula is C15H17NO5. The fourth-order valence-corrected chi connectivity index (χ4v) is 2.33. The lowest BCUT2D eigenvalue weighted by molar-refractivity contribution is -0.139. The van der Waals surface area contributed by atoms with Gasteiger partial charge in [0, 0.05) is 13.1 Å². The predicted molar refractivity (Wildman–Crippen MR) is 75.3 cm³/mol. The van der Waals surface area contributed by atoms with Gasteiger partial charge in [-0.3, -0.25) is 4.79 Å². The number of hydrogen-bond acceptors (Lipinski definition) is 4. The molecule has 0 aliphatic carbocycles. The van der Waals surface area contributed by atoms with Gasteiger partial charge in [0.1, 0.15) is 12.4 Å². The molecule has 0 radical (unpaired) electrons. The summed E-state index contributed by atoms with van der Waals surface area (Å²) in [5.41, 5.74) is 1.46. The topological polar surface area (TPSA) is 76.1 Å². The van der Waals surface area contributed by atoms with E-state index in [1.54, 1.807) is 18.2 Å². The van der Waals surface area contributed by atoms with E-state index < -0.39 is 18.0 Å². The molecule has 1 aliphatic heterocycles. The van der Waals surface area contributed by atoms with Gasteiger partial charge < -0.3 is 19.5 Å². The van der Waals surface area contributed by atoms with Crippen LogP contribution in [0.1, 0.15) is 17.0 Å². The molecule has 0 saturated carbocycles. The molecule has 1 unspecified atom stereocenters. The Morgan fingerprint density at radius 2 is 2.29 bits per heavy atom. The Balaban J connectivity index is 2.28. The Kier molecular flexibility index (Phi) is 4.47. The monoisotopic (exact) mass is 291 g/mol. The summed E-state index contributed by atoms with van der Waals surface area (Å²) in [6.45, 7) is 3.97. The molecule has 1 aliphatic rings. The number of carboxylic acids is 1. The molecule has 0 spiro atoms. The first-order valence-corrected chi connectivity index (χ1v) is 6.49. The average Bonchev–Trinajstić information content (AvgIpc) is 2.50. The normalized spacial score (nSPS) is 16.8. The van der Waals surface area contributed by atoms with Crippen molar-refractivity contribution in [3.05, 3.63) is 42.0 Å². The van der Waals surface area contributed by atoms with Crippen LogP contribution in [0.3, 0.4) is 0 Å². The van der Waals surface area contributed by atoms with Crippen LogP contribution in [0.15, 0.2) is 30.9 Å². The molecule has 1 amide bonds. The van der Waals surface area contributed by atoms with Gasteiger partial charge in [-0.25, -0.2) is 4.79 Å². The molecule has 1 aromatic carbocycles. The molecule has 0 fully saturated rings. The van der Waals surface area contributed by atoms with Gasteiger partial charge in [0.15, 0.2) is 0 Å². The maximum absolute atomic E-state index is 11.9. The van der Waals surface area contributed by atoms with Crippen LogP contribution in [0.4, 0.5) is 4.79 Å². The Labute approximate surface area is 122 Å². The van der Waals surface area contributed by atoms with Gasteiger partial charge in [-0.2, -0.15) is 0 Å². The summed E-state index contributed by atoms with van der Waals surface area (Å²) in [6.07, 6.45) is 0.928. The van der Waals surface area contributed by atoms with Gasteiger partial charge in [0.25, 0.3) is 0 Å². The molecule has 6 heteroatoms. The van der Waals surface area contributed by atoms with Gasteiger partial charge in [0.05, 0.1) is 13.0 Å². The van der Waals surface area contributed by atoms with Gasteiger partial charge in [-0.15, -0.1) is 0 Å². The number of carbonyl (C=O) groups is 2. The first-order valence-electron chi connectivity index (χ1n) is 6.49. The maximum Gasteiger partial charge on any atom is 0.410 e. The molecule has 0 aromatic heterocycles. The molecule has 1 atom stereocenters. The zero-order chi connectivity index (χ0) is 15.4. The summed E-state index contributed by atoms with van der Waals surface area (Å²) in [6, 6.07) is 5.23. The van der Waals surface area contributed by atoms with E-state index in [-0.39, 0.29) is 13.2 Å². The van der Waals surface area contributed by atoms with E-state index in [0.29, 0.717) is 17.9 Å². The van der Waals surface area contributed by atoms with Crippen LogP contribution in [-0.4, -0.2) is 42.3 Å². The minimum Gasteiger partial charge on any atom is -0.497 e. The molecule has 1 aromatic rings. The van der Waals surface area contributed by atoms with Gasteiger partial charge in [0.2, 0.25) is 0 Å². The highest BCUT2D eigenvalue weighted by Gasteiger charge is 2.33. The van der Waals surface area contributed by atoms with Crippen LogP contribution in [0.25, 0.3) is 0 Å². The fourth-order valence-electron chi connectivity index (χ4n) is 2.33. The second-order valence-corrected chi connectivity index (χ2v) is 4.70. The number of rotatable bonds is 4. The van der Waals surface area contributed by atoms with E-state index in [4.69, 9.17) is 9.47 Å². The standard InChI is InChI=1S/C15H17NO5/c1-3-6-21-15(19)16-8-10-4-5-11(20-2)7-12(10)13(9-16)14(17)18/h3-5,7,13H,1,6,8-9H2,2H3,(H,17,18). The smallest absolute Gasteiger partial charge is 0.410 e. The first kappa shape index (κ1) is 14.9. The molecule has 2 rings (SSSR count). The molecule has 21 heavy (non-hydrogen) atoms. The predicted octanol–water partition coefficient (Wildman–Crippen LogP) is 2.00. The summed E-state index contributed by atoms with van der Waals surface area (Å²) < 4.78 is 10.1. The van der Waals surface area contributed by atoms with E-state index in [1.807, 2.05) is 0 Å². The van der Waals surface area contributed by atoms with Crippen LogP contribution in [-0.2, 0) is 16.1 Å². The molecular weight excluding hydrogens is 274 g/mol. The molecule has 1 heterocycles. The third-order valence-corrected chi connectivity index (χ3v) is 3.37. The van der Waals surface area contributed by atoms with Crippen LogP contribution in [0.5, 0.6) is 5.75 Å². The van der Waals surface area contributed by atoms with E-state index >= 15 is 0 Å². The number of ether oxygens (including phenoxy) is 2. The number of methoxy groups -OCH3 is 1. The molecule has 0 bridgehead atoms. The summed E-state index contributed by atoms with van der Waals surface area (Å²) in [5, 5.41) is 9.39. The van der Waals surface area contributed by atoms with E-state index in [0.717, 1.165) is 5.56 Å². The summed E-state index contributed by atoms with van der Waals surface area (Å²) in [7, 11) is 1.53. The maximum atomic E-state index is 11.9. The van der Waals surface area contributed by atoms with Crippen molar-refractivity contribution in [2.75, 3.05) is 20.3 Å². The highest BCUT2D eigenvalue weighted by atomic mass is 16.6. The number of carbonyl (C=O) groups excluding carboxylic acids is 1. The zero-order valence-corrected chi connectivity index (χ0v) is 11.7. The quantitative estimate of drug-likeness (QED) is 0.859. The van der Waals surface area contributed by atoms with Crippen molar-refractivity contribution in [2.45, 2.75) is 12.5 Å². The molecule has 1 N–H and O–H groups in total. The molecule has 112 valence electrons. The lowest BCUT2D eigenvalue weighted by Gasteiger charge is -2.32. The van der Waals surface area contributed by atoms with Crippen molar-refractivity contribution in [3.8, 4) is 5.75 Å². The van der Waals surface area contributed by atoms with Crippen LogP contribution in [0.2, 0.25) is 0 Å². The van der Waals surface area contributed by atoms with Crippen LogP contribution >= 0.6 is 0 Å². The van der Waals surface area contributed by atoms with Crippen molar-refractivity contribution in [2.24, 2.45) is 0 Å². The van der Waals surface area contributed by atoms with Gasteiger partial charge in [-0.05, 0) is 23.3 Å². The highest BCUT2D eigenvalue weighted by molar-refractivity contribution is 5.79. The Morgan fingerprint density at radius 1 is 1.52 bits per heavy atom. The third kappa shape index (κ3) is 3.16. The summed E-state index contributed by atoms with van der Waals surface area (Å²) in [4.78, 5) is 24.7. The molecule has 6 nitrogen and oxygen atoms in total. The van der Waals surface area contributed by atoms with Crippen molar-refractivity contribution in [1.29, 1.82) is 0 Å². The SMILES string of the molecule is C=CCOC(=O)N1Cc2ccc(OC)cc2C(C(=O)O)C1. The second-order valence-electron chi connectivity index (χ2n) is 4.70. The number of amides is 1. The number of nitrogens with zero attached hydrogens (tertiary/aromatic N) is 1. The second kappa shape index (κ2) is 6.30. The minimum absolute atomic E-state index is 0.0749. The van der Waals surface area contributed by atoms with Crippen LogP contribution < -0.4 is 4.74 Å². The number of hydrogen-bond donors (Lipinski definition) is 1. The van der Waals surface area contributed by atoms with E-state index in [2.05, 4.69) is 6.58 Å². The lowest BCUT2D eigenvalue weighted by Crippen LogP contribution is -2.40. The fraction of sp³-hybridized carbons (Fsp3) is 0.333. The summed E-state index contributed by atoms with van der Waals surface area (Å²) in [5.74, 6) is -1.17. The van der Waals surface area contributed by atoms with Crippen LogP contribution in [0, 0.1) is 0 Å². The van der Waals surface area contributed by atoms with Crippen molar-refractivity contribution in [3.63, 3.8) is 0 Å². The van der Waals surface area contributed by atoms with E-state index in [9.17, 15) is 14.7 Å². The van der Waals surface area contributed by atoms with Gasteiger partial charge >= 0.3 is 12.1 Å². The lowest BCUT2D eigenvalue weighted by atomic mass is 9.90. The van der Waals surface area contributed by atoms with Gasteiger partial charge in [-0.1, -0.05) is 18.7 Å². The zero-order valence-electron chi connectivity index (χ0n) is 11.7. The number of fused-ring (bicyclic) bond motifs is 1. The largest absolute Gasteiger partial charge is 0.497 e. The Hall–Kier alpha value is -2.50. The Bertz CT molecular complexity index is 569. The molecule has 0 saturated heterocycles.